The Labute approximate surface area is 149 Å². The zero-order valence-electron chi connectivity index (χ0n) is 13.3. The van der Waals surface area contributed by atoms with E-state index >= 15 is 0 Å². The zero-order chi connectivity index (χ0) is 17.6. The molecule has 0 saturated heterocycles. The Balaban J connectivity index is 1.67. The predicted octanol–water partition coefficient (Wildman–Crippen LogP) is 2.08. The first-order valence-electron chi connectivity index (χ1n) is 7.68. The Morgan fingerprint density at radius 3 is 2.88 bits per heavy atom. The van der Waals surface area contributed by atoms with Crippen molar-refractivity contribution in [2.24, 2.45) is 7.05 Å². The van der Waals surface area contributed by atoms with Crippen LogP contribution in [-0.4, -0.2) is 32.7 Å². The molecule has 3 aromatic rings. The first-order valence-corrected chi connectivity index (χ1v) is 9.54. The molecule has 0 aliphatic carbocycles. The largest absolute Gasteiger partial charge is 0.324 e. The first kappa shape index (κ1) is 16.1. The number of aryl methyl sites for hydroxylation is 2. The van der Waals surface area contributed by atoms with Crippen LogP contribution >= 0.6 is 11.6 Å². The molecule has 0 amide bonds. The Bertz CT molecular complexity index is 1060. The minimum Gasteiger partial charge on any atom is -0.324 e. The molecule has 0 spiro atoms. The van der Waals surface area contributed by atoms with Crippen LogP contribution in [0.3, 0.4) is 0 Å². The van der Waals surface area contributed by atoms with Crippen molar-refractivity contribution in [1.82, 2.24) is 24.3 Å². The van der Waals surface area contributed by atoms with Crippen molar-refractivity contribution in [3.63, 3.8) is 0 Å². The number of nitrogens with zero attached hydrogens (tertiary/aromatic N) is 5. The summed E-state index contributed by atoms with van der Waals surface area (Å²) >= 11 is 6.00. The van der Waals surface area contributed by atoms with Crippen LogP contribution in [-0.2, 0) is 30.0 Å². The molecule has 3 heterocycles. The number of halogens is 1. The third-order valence-corrected chi connectivity index (χ3v) is 5.94. The minimum absolute atomic E-state index is 0.0546. The fourth-order valence-corrected chi connectivity index (χ4v) is 4.35. The highest BCUT2D eigenvalue weighted by atomic mass is 35.5. The number of nitrogens with one attached hydrogen (secondary N) is 1. The number of fused-ring (bicyclic) bond motifs is 1. The van der Waals surface area contributed by atoms with Crippen LogP contribution in [0.4, 0.5) is 5.69 Å². The lowest BCUT2D eigenvalue weighted by Gasteiger charge is -2.09. The second-order valence-electron chi connectivity index (χ2n) is 5.83. The van der Waals surface area contributed by atoms with Crippen molar-refractivity contribution in [2.45, 2.75) is 24.4 Å². The molecular formula is C15H15ClN6O2S. The highest BCUT2D eigenvalue weighted by Crippen LogP contribution is 2.27. The van der Waals surface area contributed by atoms with Gasteiger partial charge >= 0.3 is 0 Å². The molecule has 1 aliphatic rings. The maximum absolute atomic E-state index is 12.5. The van der Waals surface area contributed by atoms with Gasteiger partial charge in [-0.05, 0) is 18.6 Å². The summed E-state index contributed by atoms with van der Waals surface area (Å²) < 4.78 is 31.0. The van der Waals surface area contributed by atoms with Gasteiger partial charge in [0.05, 0.1) is 6.33 Å². The Morgan fingerprint density at radius 2 is 2.12 bits per heavy atom. The maximum atomic E-state index is 12.5. The van der Waals surface area contributed by atoms with E-state index in [2.05, 4.69) is 24.5 Å². The van der Waals surface area contributed by atoms with Gasteiger partial charge in [0.25, 0.3) is 10.0 Å². The van der Waals surface area contributed by atoms with Gasteiger partial charge in [-0.25, -0.2) is 4.98 Å². The summed E-state index contributed by atoms with van der Waals surface area (Å²) in [6.45, 7) is 0.872. The van der Waals surface area contributed by atoms with Crippen molar-refractivity contribution in [3.05, 3.63) is 41.6 Å². The van der Waals surface area contributed by atoms with E-state index < -0.39 is 10.0 Å². The number of imidazole rings is 1. The third-order valence-electron chi connectivity index (χ3n) is 4.07. The van der Waals surface area contributed by atoms with Crippen LogP contribution in [0.5, 0.6) is 0 Å². The number of hydrogen-bond donors (Lipinski definition) is 1. The van der Waals surface area contributed by atoms with Gasteiger partial charge in [0.1, 0.15) is 11.0 Å². The molecule has 0 radical (unpaired) electrons. The molecule has 2 aromatic heterocycles. The van der Waals surface area contributed by atoms with E-state index in [9.17, 15) is 8.42 Å². The molecule has 1 aliphatic heterocycles. The molecule has 0 saturated carbocycles. The van der Waals surface area contributed by atoms with Crippen LogP contribution in [0.25, 0.3) is 11.4 Å². The number of rotatable bonds is 4. The van der Waals surface area contributed by atoms with Crippen LogP contribution in [0, 0.1) is 0 Å². The average molecular weight is 379 g/mol. The van der Waals surface area contributed by atoms with E-state index in [0.717, 1.165) is 36.6 Å². The molecule has 1 N–H and O–H groups in total. The molecule has 4 rings (SSSR count). The monoisotopic (exact) mass is 378 g/mol. The van der Waals surface area contributed by atoms with Gasteiger partial charge in [0.2, 0.25) is 5.03 Å². The summed E-state index contributed by atoms with van der Waals surface area (Å²) in [6, 6.07) is 7.04. The lowest BCUT2D eigenvalue weighted by atomic mass is 10.2. The summed E-state index contributed by atoms with van der Waals surface area (Å²) in [5.41, 5.74) is 1.21. The summed E-state index contributed by atoms with van der Waals surface area (Å²) in [4.78, 5) is 3.86. The molecule has 1 aromatic carbocycles. The van der Waals surface area contributed by atoms with Gasteiger partial charge in [0, 0.05) is 31.3 Å². The van der Waals surface area contributed by atoms with Crippen LogP contribution in [0.1, 0.15) is 12.2 Å². The molecule has 0 unspecified atom stereocenters. The highest BCUT2D eigenvalue weighted by molar-refractivity contribution is 7.92. The van der Waals surface area contributed by atoms with E-state index in [1.165, 1.54) is 10.9 Å². The van der Waals surface area contributed by atoms with Crippen molar-refractivity contribution < 1.29 is 8.42 Å². The highest BCUT2D eigenvalue weighted by Gasteiger charge is 2.23. The number of aromatic nitrogens is 5. The van der Waals surface area contributed by atoms with Crippen LogP contribution in [0.15, 0.2) is 35.6 Å². The lowest BCUT2D eigenvalue weighted by Crippen LogP contribution is -2.14. The van der Waals surface area contributed by atoms with E-state index in [1.54, 1.807) is 25.2 Å². The Hall–Kier alpha value is -2.39. The minimum atomic E-state index is -3.88. The quantitative estimate of drug-likeness (QED) is 0.750. The van der Waals surface area contributed by atoms with Crippen LogP contribution < -0.4 is 4.72 Å². The predicted molar refractivity (Wildman–Crippen MR) is 92.8 cm³/mol. The molecule has 0 atom stereocenters. The van der Waals surface area contributed by atoms with E-state index in [1.807, 2.05) is 6.07 Å². The van der Waals surface area contributed by atoms with E-state index in [4.69, 9.17) is 11.6 Å². The third kappa shape index (κ3) is 2.79. The van der Waals surface area contributed by atoms with Gasteiger partial charge < -0.3 is 9.13 Å². The maximum Gasteiger partial charge on any atom is 0.282 e. The smallest absolute Gasteiger partial charge is 0.282 e. The summed E-state index contributed by atoms with van der Waals surface area (Å²) in [6.07, 6.45) is 3.31. The zero-order valence-corrected chi connectivity index (χ0v) is 14.9. The van der Waals surface area contributed by atoms with Crippen molar-refractivity contribution >= 4 is 27.3 Å². The second-order valence-corrected chi connectivity index (χ2v) is 7.79. The van der Waals surface area contributed by atoms with Gasteiger partial charge in [-0.2, -0.15) is 8.42 Å². The fourth-order valence-electron chi connectivity index (χ4n) is 2.86. The molecule has 8 nitrogen and oxygen atoms in total. The summed E-state index contributed by atoms with van der Waals surface area (Å²) in [5.74, 6) is 1.70. The Kier molecular flexibility index (Phi) is 3.77. The van der Waals surface area contributed by atoms with Crippen molar-refractivity contribution in [3.8, 4) is 11.4 Å². The summed E-state index contributed by atoms with van der Waals surface area (Å²) in [7, 11) is -2.25. The summed E-state index contributed by atoms with van der Waals surface area (Å²) in [5, 5.41) is 8.25. The van der Waals surface area contributed by atoms with Gasteiger partial charge in [-0.1, -0.05) is 23.7 Å². The van der Waals surface area contributed by atoms with E-state index in [0.29, 0.717) is 5.69 Å². The van der Waals surface area contributed by atoms with Gasteiger partial charge in [0.15, 0.2) is 5.82 Å². The Morgan fingerprint density at radius 1 is 1.28 bits per heavy atom. The van der Waals surface area contributed by atoms with Crippen molar-refractivity contribution in [1.29, 1.82) is 0 Å². The molecular weight excluding hydrogens is 364 g/mol. The number of benzene rings is 1. The standard InChI is InChI=1S/C15H15ClN6O2S/c1-21-9-17-15(13(21)16)25(23,24)20-11-5-2-4-10(8-11)14-19-18-12-6-3-7-22(12)14/h2,4-5,8-9,20H,3,6-7H2,1H3. The average Bonchev–Trinajstić information content (AvgIpc) is 3.24. The van der Waals surface area contributed by atoms with E-state index in [-0.39, 0.29) is 10.2 Å². The second kappa shape index (κ2) is 5.85. The number of anilines is 1. The SMILES string of the molecule is Cn1cnc(S(=O)(=O)Nc2cccc(-c3nnc4n3CCC4)c2)c1Cl. The molecule has 0 fully saturated rings. The molecule has 25 heavy (non-hydrogen) atoms. The van der Waals surface area contributed by atoms with Gasteiger partial charge in [-0.15, -0.1) is 10.2 Å². The molecule has 0 bridgehead atoms. The topological polar surface area (TPSA) is 94.7 Å². The normalized spacial score (nSPS) is 13.8. The lowest BCUT2D eigenvalue weighted by molar-refractivity contribution is 0.598. The van der Waals surface area contributed by atoms with Crippen LogP contribution in [0.2, 0.25) is 5.15 Å². The molecule has 130 valence electrons. The fraction of sp³-hybridized carbons (Fsp3) is 0.267. The van der Waals surface area contributed by atoms with Crippen molar-refractivity contribution in [2.75, 3.05) is 4.72 Å². The first-order chi connectivity index (χ1) is 12.0. The number of sulfonamides is 1. The number of hydrogen-bond acceptors (Lipinski definition) is 5. The molecule has 10 heteroatoms. The van der Waals surface area contributed by atoms with Gasteiger partial charge in [-0.3, -0.25) is 4.72 Å².